The van der Waals surface area contributed by atoms with Crippen LogP contribution in [-0.4, -0.2) is 17.6 Å². The van der Waals surface area contributed by atoms with Crippen molar-refractivity contribution >= 4 is 39.8 Å². The molecule has 0 saturated carbocycles. The number of amides is 1. The topological polar surface area (TPSA) is 98.9 Å². The highest BCUT2D eigenvalue weighted by Gasteiger charge is 2.64. The third kappa shape index (κ3) is 3.65. The number of rotatable bonds is 3. The lowest BCUT2D eigenvalue weighted by molar-refractivity contribution is -0.153. The van der Waals surface area contributed by atoms with E-state index in [0.717, 1.165) is 6.07 Å². The lowest BCUT2D eigenvalue weighted by atomic mass is 9.82. The summed E-state index contributed by atoms with van der Waals surface area (Å²) in [5, 5.41) is 18.4. The van der Waals surface area contributed by atoms with Crippen LogP contribution in [0.15, 0.2) is 52.3 Å². The van der Waals surface area contributed by atoms with Crippen molar-refractivity contribution in [2.45, 2.75) is 31.1 Å². The molecule has 0 aliphatic carbocycles. The van der Waals surface area contributed by atoms with Gasteiger partial charge in [0.2, 0.25) is 0 Å². The average Bonchev–Trinajstić information content (AvgIpc) is 3.28. The molecule has 0 fully saturated rings. The largest absolute Gasteiger partial charge is 0.433 e. The average molecular weight is 571 g/mol. The Hall–Kier alpha value is -3.05. The zero-order chi connectivity index (χ0) is 24.2. The number of azo groups is 1. The Balaban J connectivity index is 1.92. The van der Waals surface area contributed by atoms with Gasteiger partial charge in [-0.25, -0.2) is 4.39 Å². The summed E-state index contributed by atoms with van der Waals surface area (Å²) < 4.78 is 57.3. The lowest BCUT2D eigenvalue weighted by Gasteiger charge is -2.24. The molecule has 2 aliphatic heterocycles. The highest BCUT2D eigenvalue weighted by Crippen LogP contribution is 2.53. The third-order valence-electron chi connectivity index (χ3n) is 5.23. The van der Waals surface area contributed by atoms with Crippen LogP contribution in [0.3, 0.4) is 0 Å². The molecule has 0 spiro atoms. The number of alkyl halides is 3. The maximum Gasteiger partial charge on any atom is 0.433 e. The van der Waals surface area contributed by atoms with Crippen LogP contribution in [0.25, 0.3) is 5.57 Å². The van der Waals surface area contributed by atoms with Crippen LogP contribution in [0, 0.1) is 20.7 Å². The highest BCUT2D eigenvalue weighted by atomic mass is 127. The molecule has 0 saturated heterocycles. The van der Waals surface area contributed by atoms with Gasteiger partial charge in [0.1, 0.15) is 11.9 Å². The van der Waals surface area contributed by atoms with E-state index in [1.807, 2.05) is 22.6 Å². The van der Waals surface area contributed by atoms with Gasteiger partial charge in [0.25, 0.3) is 11.4 Å². The summed E-state index contributed by atoms with van der Waals surface area (Å²) in [6.07, 6.45) is -5.21. The molecule has 7 nitrogen and oxygen atoms in total. The minimum atomic E-state index is -5.21. The van der Waals surface area contributed by atoms with E-state index in [-0.39, 0.29) is 17.0 Å². The number of nitrogens with zero attached hydrogens (tertiary/aromatic N) is 3. The van der Waals surface area contributed by atoms with Crippen LogP contribution in [0.2, 0.25) is 0 Å². The number of para-hydroxylation sites is 1. The molecule has 1 atom stereocenters. The summed E-state index contributed by atoms with van der Waals surface area (Å²) >= 11 is 1.87. The first-order valence-electron chi connectivity index (χ1n) is 9.41. The quantitative estimate of drug-likeness (QED) is 0.391. The fourth-order valence-corrected chi connectivity index (χ4v) is 4.01. The van der Waals surface area contributed by atoms with Gasteiger partial charge in [-0.1, -0.05) is 18.2 Å². The molecular weight excluding hydrogens is 557 g/mol. The van der Waals surface area contributed by atoms with Crippen molar-refractivity contribution in [2.24, 2.45) is 10.2 Å². The standard InChI is InChI=1S/C21H14F4IN5O2/c1-19(2)12-5-3-4-11(17(12)33-31-19)15-16(29-30-20(15,9-27)21(23,24)25)18(32)28-14-7-6-10(26)8-13(14)22/h3-8,31H,1-2H3,(H,28,32). The summed E-state index contributed by atoms with van der Waals surface area (Å²) in [5.41, 5.74) is -2.99. The number of hydrogen-bond acceptors (Lipinski definition) is 6. The number of carbonyl (C=O) groups is 1. The van der Waals surface area contributed by atoms with E-state index >= 15 is 0 Å². The van der Waals surface area contributed by atoms with Crippen LogP contribution in [0.4, 0.5) is 23.2 Å². The molecule has 170 valence electrons. The van der Waals surface area contributed by atoms with Crippen molar-refractivity contribution in [2.75, 3.05) is 5.32 Å². The molecule has 1 unspecified atom stereocenters. The van der Waals surface area contributed by atoms with Crippen molar-refractivity contribution in [3.05, 3.63) is 62.6 Å². The van der Waals surface area contributed by atoms with Gasteiger partial charge in [-0.15, -0.1) is 10.6 Å². The molecule has 1 amide bonds. The fraction of sp³-hybridized carbons (Fsp3) is 0.238. The molecule has 0 radical (unpaired) electrons. The number of hydrogen-bond donors (Lipinski definition) is 2. The van der Waals surface area contributed by atoms with Gasteiger partial charge in [0.05, 0.1) is 11.2 Å². The summed E-state index contributed by atoms with van der Waals surface area (Å²) in [6, 6.07) is 9.48. The van der Waals surface area contributed by atoms with Crippen LogP contribution in [0.1, 0.15) is 25.0 Å². The van der Waals surface area contributed by atoms with Crippen molar-refractivity contribution in [1.82, 2.24) is 5.48 Å². The zero-order valence-electron chi connectivity index (χ0n) is 17.0. The van der Waals surface area contributed by atoms with Crippen LogP contribution in [-0.2, 0) is 10.3 Å². The van der Waals surface area contributed by atoms with E-state index in [1.165, 1.54) is 30.3 Å². The lowest BCUT2D eigenvalue weighted by Crippen LogP contribution is -2.42. The summed E-state index contributed by atoms with van der Waals surface area (Å²) in [6.45, 7) is 3.49. The minimum absolute atomic E-state index is 0.0134. The Kier molecular flexibility index (Phi) is 5.44. The van der Waals surface area contributed by atoms with E-state index in [4.69, 9.17) is 4.84 Å². The van der Waals surface area contributed by atoms with Crippen molar-refractivity contribution in [1.29, 1.82) is 5.26 Å². The molecular formula is C21H14F4IN5O2. The summed E-state index contributed by atoms with van der Waals surface area (Å²) in [7, 11) is 0. The predicted octanol–water partition coefficient (Wildman–Crippen LogP) is 5.20. The van der Waals surface area contributed by atoms with Gasteiger partial charge < -0.3 is 10.2 Å². The zero-order valence-corrected chi connectivity index (χ0v) is 19.2. The van der Waals surface area contributed by atoms with Crippen molar-refractivity contribution < 1.29 is 27.2 Å². The monoisotopic (exact) mass is 571 g/mol. The van der Waals surface area contributed by atoms with Crippen molar-refractivity contribution in [3.63, 3.8) is 0 Å². The first-order chi connectivity index (χ1) is 15.4. The minimum Gasteiger partial charge on any atom is -0.407 e. The molecule has 33 heavy (non-hydrogen) atoms. The Morgan fingerprint density at radius 1 is 1.27 bits per heavy atom. The molecule has 12 heteroatoms. The van der Waals surface area contributed by atoms with Gasteiger partial charge in [-0.2, -0.15) is 23.5 Å². The number of hydroxylamine groups is 1. The molecule has 2 heterocycles. The summed E-state index contributed by atoms with van der Waals surface area (Å²) in [5.74, 6) is -1.93. The van der Waals surface area contributed by atoms with Gasteiger partial charge in [0.15, 0.2) is 11.4 Å². The maximum atomic E-state index is 14.2. The van der Waals surface area contributed by atoms with Gasteiger partial charge >= 0.3 is 6.18 Å². The van der Waals surface area contributed by atoms with Gasteiger partial charge in [-0.05, 0) is 54.6 Å². The van der Waals surface area contributed by atoms with E-state index in [1.54, 1.807) is 19.9 Å². The molecule has 2 N–H and O–H groups in total. The molecule has 2 aromatic carbocycles. The number of anilines is 1. The molecule has 0 bridgehead atoms. The smallest absolute Gasteiger partial charge is 0.407 e. The van der Waals surface area contributed by atoms with E-state index in [2.05, 4.69) is 21.0 Å². The Morgan fingerprint density at radius 3 is 2.64 bits per heavy atom. The second kappa shape index (κ2) is 7.77. The third-order valence-corrected chi connectivity index (χ3v) is 5.90. The van der Waals surface area contributed by atoms with Crippen LogP contribution in [0.5, 0.6) is 5.75 Å². The Bertz CT molecular complexity index is 1280. The Labute approximate surface area is 198 Å². The Morgan fingerprint density at radius 2 is 2.00 bits per heavy atom. The molecule has 4 rings (SSSR count). The van der Waals surface area contributed by atoms with E-state index < -0.39 is 40.2 Å². The fourth-order valence-electron chi connectivity index (χ4n) is 3.56. The molecule has 2 aromatic rings. The normalized spacial score (nSPS) is 20.9. The first kappa shape index (κ1) is 23.1. The maximum absolute atomic E-state index is 14.2. The second-order valence-corrected chi connectivity index (χ2v) is 9.08. The summed E-state index contributed by atoms with van der Waals surface area (Å²) in [4.78, 5) is 18.4. The number of nitrogens with one attached hydrogen (secondary N) is 2. The number of nitriles is 1. The number of carbonyl (C=O) groups excluding carboxylic acids is 1. The van der Waals surface area contributed by atoms with Crippen LogP contribution >= 0.6 is 22.6 Å². The number of halogens is 5. The highest BCUT2D eigenvalue weighted by molar-refractivity contribution is 14.1. The molecule has 2 aliphatic rings. The second-order valence-electron chi connectivity index (χ2n) is 7.83. The van der Waals surface area contributed by atoms with Gasteiger partial charge in [0, 0.05) is 20.3 Å². The van der Waals surface area contributed by atoms with E-state index in [9.17, 15) is 27.6 Å². The van der Waals surface area contributed by atoms with E-state index in [0.29, 0.717) is 9.13 Å². The predicted molar refractivity (Wildman–Crippen MR) is 117 cm³/mol. The first-order valence-corrected chi connectivity index (χ1v) is 10.5. The SMILES string of the molecule is CC1(C)NOc2c(C3=C(C(=O)Nc4ccc(I)cc4F)N=NC3(C#N)C(F)(F)F)cccc21. The molecule has 0 aromatic heterocycles. The van der Waals surface area contributed by atoms with Crippen molar-refractivity contribution in [3.8, 4) is 11.8 Å². The van der Waals surface area contributed by atoms with Crippen LogP contribution < -0.4 is 15.6 Å². The van der Waals surface area contributed by atoms with Gasteiger partial charge in [-0.3, -0.25) is 4.79 Å². The number of benzene rings is 2. The number of fused-ring (bicyclic) bond motifs is 1.